The molecule has 1 heterocycles. The minimum Gasteiger partial charge on any atom is -0.236 e. The number of nitrogens with zero attached hydrogens (tertiary/aromatic N) is 1. The van der Waals surface area contributed by atoms with Gasteiger partial charge in [-0.05, 0) is 40.5 Å². The molecular formula is C22H16ClN. The Balaban J connectivity index is 1.98. The van der Waals surface area contributed by atoms with E-state index in [0.717, 1.165) is 27.9 Å². The molecule has 0 aliphatic rings. The molecule has 0 saturated heterocycles. The lowest BCUT2D eigenvalue weighted by molar-refractivity contribution is 1.27. The first-order valence-corrected chi connectivity index (χ1v) is 8.32. The van der Waals surface area contributed by atoms with Gasteiger partial charge in [-0.25, -0.2) is 4.98 Å². The van der Waals surface area contributed by atoms with Crippen LogP contribution in [0.1, 0.15) is 5.56 Å². The molecule has 0 bridgehead atoms. The second-order valence-electron chi connectivity index (χ2n) is 5.86. The molecule has 4 aromatic rings. The number of hydrogen-bond donors (Lipinski definition) is 0. The van der Waals surface area contributed by atoms with Gasteiger partial charge in [0.2, 0.25) is 0 Å². The van der Waals surface area contributed by atoms with Crippen molar-refractivity contribution in [3.05, 3.63) is 89.6 Å². The Morgan fingerprint density at radius 2 is 1.46 bits per heavy atom. The lowest BCUT2D eigenvalue weighted by atomic mass is 9.97. The Kier molecular flexibility index (Phi) is 3.79. The van der Waals surface area contributed by atoms with Crippen molar-refractivity contribution < 1.29 is 0 Å². The summed E-state index contributed by atoms with van der Waals surface area (Å²) in [5.74, 6) is 0. The van der Waals surface area contributed by atoms with Gasteiger partial charge in [0, 0.05) is 5.56 Å². The van der Waals surface area contributed by atoms with E-state index in [0.29, 0.717) is 5.15 Å². The van der Waals surface area contributed by atoms with Crippen molar-refractivity contribution in [2.45, 2.75) is 6.92 Å². The van der Waals surface area contributed by atoms with Crippen LogP contribution in [0.2, 0.25) is 5.15 Å². The van der Waals surface area contributed by atoms with Crippen LogP contribution in [0.15, 0.2) is 78.9 Å². The zero-order chi connectivity index (χ0) is 16.5. The fourth-order valence-electron chi connectivity index (χ4n) is 3.08. The molecule has 0 aliphatic carbocycles. The van der Waals surface area contributed by atoms with Crippen LogP contribution in [0.5, 0.6) is 0 Å². The summed E-state index contributed by atoms with van der Waals surface area (Å²) in [6.07, 6.45) is 0. The molecule has 0 spiro atoms. The fourth-order valence-corrected chi connectivity index (χ4v) is 3.28. The van der Waals surface area contributed by atoms with E-state index in [2.05, 4.69) is 65.6 Å². The summed E-state index contributed by atoms with van der Waals surface area (Å²) in [7, 11) is 0. The van der Waals surface area contributed by atoms with Gasteiger partial charge in [0.05, 0.1) is 5.69 Å². The molecule has 0 radical (unpaired) electrons. The van der Waals surface area contributed by atoms with Crippen LogP contribution in [0.25, 0.3) is 33.2 Å². The highest BCUT2D eigenvalue weighted by Crippen LogP contribution is 2.34. The largest absolute Gasteiger partial charge is 0.236 e. The van der Waals surface area contributed by atoms with E-state index < -0.39 is 0 Å². The normalized spacial score (nSPS) is 10.9. The predicted octanol–water partition coefficient (Wildman–Crippen LogP) is 6.53. The van der Waals surface area contributed by atoms with Gasteiger partial charge >= 0.3 is 0 Å². The Morgan fingerprint density at radius 3 is 2.29 bits per heavy atom. The van der Waals surface area contributed by atoms with Crippen molar-refractivity contribution in [1.82, 2.24) is 4.98 Å². The molecule has 0 unspecified atom stereocenters. The Bertz CT molecular complexity index is 1020. The van der Waals surface area contributed by atoms with E-state index in [4.69, 9.17) is 11.6 Å². The van der Waals surface area contributed by atoms with Crippen molar-refractivity contribution in [1.29, 1.82) is 0 Å². The summed E-state index contributed by atoms with van der Waals surface area (Å²) in [5, 5.41) is 2.94. The number of rotatable bonds is 2. The van der Waals surface area contributed by atoms with Crippen molar-refractivity contribution in [3.8, 4) is 22.4 Å². The summed E-state index contributed by atoms with van der Waals surface area (Å²) < 4.78 is 0. The van der Waals surface area contributed by atoms with Gasteiger partial charge in [-0.1, -0.05) is 84.4 Å². The predicted molar refractivity (Wildman–Crippen MR) is 102 cm³/mol. The van der Waals surface area contributed by atoms with E-state index >= 15 is 0 Å². The van der Waals surface area contributed by atoms with Crippen LogP contribution in [0.3, 0.4) is 0 Å². The summed E-state index contributed by atoms with van der Waals surface area (Å²) in [6.45, 7) is 2.02. The highest BCUT2D eigenvalue weighted by atomic mass is 35.5. The maximum atomic E-state index is 6.46. The molecule has 4 rings (SSSR count). The van der Waals surface area contributed by atoms with E-state index in [-0.39, 0.29) is 0 Å². The van der Waals surface area contributed by atoms with E-state index in [1.165, 1.54) is 10.8 Å². The van der Waals surface area contributed by atoms with Gasteiger partial charge in [-0.2, -0.15) is 0 Å². The van der Waals surface area contributed by atoms with Crippen LogP contribution < -0.4 is 0 Å². The first-order chi connectivity index (χ1) is 11.7. The minimum absolute atomic E-state index is 0.555. The van der Waals surface area contributed by atoms with Crippen LogP contribution in [0, 0.1) is 6.92 Å². The first-order valence-electron chi connectivity index (χ1n) is 7.95. The van der Waals surface area contributed by atoms with Crippen molar-refractivity contribution in [2.75, 3.05) is 0 Å². The number of fused-ring (bicyclic) bond motifs is 1. The lowest BCUT2D eigenvalue weighted by Crippen LogP contribution is -1.93. The van der Waals surface area contributed by atoms with E-state index in [1.54, 1.807) is 0 Å². The van der Waals surface area contributed by atoms with Crippen molar-refractivity contribution in [3.63, 3.8) is 0 Å². The molecule has 0 amide bonds. The summed E-state index contributed by atoms with van der Waals surface area (Å²) in [6, 6.07) is 27.1. The van der Waals surface area contributed by atoms with E-state index in [1.807, 2.05) is 25.1 Å². The number of hydrogen-bond acceptors (Lipinski definition) is 1. The topological polar surface area (TPSA) is 12.9 Å². The second-order valence-corrected chi connectivity index (χ2v) is 6.22. The smallest absolute Gasteiger partial charge is 0.133 e. The molecular weight excluding hydrogens is 314 g/mol. The molecule has 0 saturated carbocycles. The molecule has 1 aromatic heterocycles. The van der Waals surface area contributed by atoms with Gasteiger partial charge in [0.1, 0.15) is 5.15 Å². The van der Waals surface area contributed by atoms with Crippen molar-refractivity contribution in [2.24, 2.45) is 0 Å². The highest BCUT2D eigenvalue weighted by molar-refractivity contribution is 6.30. The molecule has 0 fully saturated rings. The third-order valence-electron chi connectivity index (χ3n) is 4.36. The van der Waals surface area contributed by atoms with Crippen LogP contribution in [0.4, 0.5) is 0 Å². The van der Waals surface area contributed by atoms with Crippen LogP contribution in [-0.2, 0) is 0 Å². The van der Waals surface area contributed by atoms with Gasteiger partial charge in [-0.3, -0.25) is 0 Å². The molecule has 0 aliphatic heterocycles. The van der Waals surface area contributed by atoms with Crippen LogP contribution in [-0.4, -0.2) is 4.98 Å². The number of benzene rings is 3. The minimum atomic E-state index is 0.555. The molecule has 24 heavy (non-hydrogen) atoms. The van der Waals surface area contributed by atoms with E-state index in [9.17, 15) is 0 Å². The second kappa shape index (κ2) is 6.10. The van der Waals surface area contributed by atoms with Gasteiger partial charge in [0.15, 0.2) is 0 Å². The quantitative estimate of drug-likeness (QED) is 0.381. The molecule has 0 N–H and O–H groups in total. The summed E-state index contributed by atoms with van der Waals surface area (Å²) >= 11 is 6.46. The standard InChI is InChI=1S/C22H16ClN/c1-15-20(17-8-3-2-4-9-17)14-21(24-22(15)23)19-13-7-11-16-10-5-6-12-18(16)19/h2-14H,1H3. The van der Waals surface area contributed by atoms with Gasteiger partial charge in [-0.15, -0.1) is 0 Å². The molecule has 1 nitrogen and oxygen atoms in total. The number of aromatic nitrogens is 1. The zero-order valence-corrected chi connectivity index (χ0v) is 14.1. The number of pyridine rings is 1. The Hall–Kier alpha value is -2.64. The average molecular weight is 330 g/mol. The third-order valence-corrected chi connectivity index (χ3v) is 4.73. The van der Waals surface area contributed by atoms with Crippen LogP contribution >= 0.6 is 11.6 Å². The molecule has 3 aromatic carbocycles. The van der Waals surface area contributed by atoms with Gasteiger partial charge < -0.3 is 0 Å². The summed E-state index contributed by atoms with van der Waals surface area (Å²) in [4.78, 5) is 4.64. The highest BCUT2D eigenvalue weighted by Gasteiger charge is 2.12. The monoisotopic (exact) mass is 329 g/mol. The molecule has 116 valence electrons. The number of halogens is 1. The molecule has 0 atom stereocenters. The molecule has 2 heteroatoms. The zero-order valence-electron chi connectivity index (χ0n) is 13.3. The maximum absolute atomic E-state index is 6.46. The Morgan fingerprint density at radius 1 is 0.750 bits per heavy atom. The third kappa shape index (κ3) is 2.57. The fraction of sp³-hybridized carbons (Fsp3) is 0.0455. The lowest BCUT2D eigenvalue weighted by Gasteiger charge is -2.12. The van der Waals surface area contributed by atoms with Gasteiger partial charge in [0.25, 0.3) is 0 Å². The Labute approximate surface area is 146 Å². The maximum Gasteiger partial charge on any atom is 0.133 e. The first kappa shape index (κ1) is 14.9. The summed E-state index contributed by atoms with van der Waals surface area (Å²) in [5.41, 5.74) is 5.29. The average Bonchev–Trinajstić information content (AvgIpc) is 2.64. The SMILES string of the molecule is Cc1c(-c2ccccc2)cc(-c2cccc3ccccc23)nc1Cl. The van der Waals surface area contributed by atoms with Crippen molar-refractivity contribution >= 4 is 22.4 Å².